The van der Waals surface area contributed by atoms with Gasteiger partial charge in [-0.15, -0.1) is 0 Å². The van der Waals surface area contributed by atoms with E-state index < -0.39 is 26.5 Å². The predicted molar refractivity (Wildman–Crippen MR) is 62.7 cm³/mol. The van der Waals surface area contributed by atoms with Crippen LogP contribution in [-0.2, 0) is 20.1 Å². The number of nitro benzene ring substituents is 1. The summed E-state index contributed by atoms with van der Waals surface area (Å²) in [6, 6.07) is 2.32. The van der Waals surface area contributed by atoms with Crippen molar-refractivity contribution in [3.05, 3.63) is 37.9 Å². The summed E-state index contributed by atoms with van der Waals surface area (Å²) in [6.07, 6.45) is 0. The normalized spacial score (nSPS) is 11.5. The maximum Gasteiger partial charge on any atom is 0.275 e. The average Bonchev–Trinajstić information content (AvgIpc) is 2.24. The third-order valence-electron chi connectivity index (χ3n) is 1.94. The van der Waals surface area contributed by atoms with Crippen molar-refractivity contribution in [2.45, 2.75) is 5.75 Å². The lowest BCUT2D eigenvalue weighted by molar-refractivity contribution is -0.385. The molecule has 94 valence electrons. The Labute approximate surface area is 107 Å². The molecule has 0 aliphatic heterocycles. The number of halogens is 2. The van der Waals surface area contributed by atoms with Crippen LogP contribution in [0.3, 0.4) is 0 Å². The van der Waals surface area contributed by atoms with E-state index in [0.717, 1.165) is 13.2 Å². The first kappa shape index (κ1) is 14.2. The summed E-state index contributed by atoms with van der Waals surface area (Å²) in [4.78, 5) is 9.99. The standard InChI is InChI=1S/C8H7Cl2NO5S/c1-16-17(14,15)4-5-7(11(12)13)3-2-6(9)8(5)10/h2-3H,4H2,1H3. The molecule has 17 heavy (non-hydrogen) atoms. The van der Waals surface area contributed by atoms with Gasteiger partial charge in [-0.3, -0.25) is 14.3 Å². The first-order valence-corrected chi connectivity index (χ1v) is 6.51. The SMILES string of the molecule is COS(=O)(=O)Cc1c([N+](=O)[O-])ccc(Cl)c1Cl. The molecule has 0 saturated heterocycles. The van der Waals surface area contributed by atoms with Crippen molar-refractivity contribution in [1.82, 2.24) is 0 Å². The largest absolute Gasteiger partial charge is 0.275 e. The number of benzene rings is 1. The van der Waals surface area contributed by atoms with Gasteiger partial charge < -0.3 is 0 Å². The fraction of sp³-hybridized carbons (Fsp3) is 0.250. The Morgan fingerprint density at radius 2 is 2.00 bits per heavy atom. The molecule has 0 unspecified atom stereocenters. The highest BCUT2D eigenvalue weighted by Crippen LogP contribution is 2.34. The highest BCUT2D eigenvalue weighted by atomic mass is 35.5. The van der Waals surface area contributed by atoms with Crippen molar-refractivity contribution >= 4 is 39.0 Å². The molecule has 0 radical (unpaired) electrons. The molecular weight excluding hydrogens is 293 g/mol. The van der Waals surface area contributed by atoms with Crippen molar-refractivity contribution in [1.29, 1.82) is 0 Å². The molecule has 0 aromatic heterocycles. The topological polar surface area (TPSA) is 86.5 Å². The van der Waals surface area contributed by atoms with E-state index in [1.807, 2.05) is 0 Å². The molecule has 0 heterocycles. The Morgan fingerprint density at radius 3 is 2.47 bits per heavy atom. The third kappa shape index (κ3) is 3.29. The molecule has 1 rings (SSSR count). The zero-order valence-electron chi connectivity index (χ0n) is 8.51. The van der Waals surface area contributed by atoms with Crippen LogP contribution < -0.4 is 0 Å². The van der Waals surface area contributed by atoms with Gasteiger partial charge in [0.25, 0.3) is 15.8 Å². The zero-order chi connectivity index (χ0) is 13.2. The van der Waals surface area contributed by atoms with Crippen LogP contribution in [-0.4, -0.2) is 20.5 Å². The lowest BCUT2D eigenvalue weighted by Crippen LogP contribution is -2.08. The maximum atomic E-state index is 11.3. The van der Waals surface area contributed by atoms with Gasteiger partial charge in [-0.2, -0.15) is 8.42 Å². The Balaban J connectivity index is 3.39. The van der Waals surface area contributed by atoms with E-state index in [1.54, 1.807) is 0 Å². The van der Waals surface area contributed by atoms with Crippen LogP contribution >= 0.6 is 23.2 Å². The first-order chi connectivity index (χ1) is 7.78. The molecule has 0 atom stereocenters. The summed E-state index contributed by atoms with van der Waals surface area (Å²) in [6.45, 7) is 0. The van der Waals surface area contributed by atoms with Crippen LogP contribution in [0.5, 0.6) is 0 Å². The minimum Gasteiger partial charge on any atom is -0.273 e. The molecule has 0 N–H and O–H groups in total. The van der Waals surface area contributed by atoms with Crippen LogP contribution in [0, 0.1) is 10.1 Å². The molecule has 0 saturated carbocycles. The molecular formula is C8H7Cl2NO5S. The second-order valence-corrected chi connectivity index (χ2v) is 5.51. The minimum absolute atomic E-state index is 0.0403. The number of nitro groups is 1. The van der Waals surface area contributed by atoms with E-state index in [9.17, 15) is 18.5 Å². The molecule has 1 aromatic rings. The van der Waals surface area contributed by atoms with Gasteiger partial charge in [-0.25, -0.2) is 0 Å². The number of hydrogen-bond acceptors (Lipinski definition) is 5. The minimum atomic E-state index is -3.92. The van der Waals surface area contributed by atoms with Crippen molar-refractivity contribution < 1.29 is 17.5 Å². The number of hydrogen-bond donors (Lipinski definition) is 0. The van der Waals surface area contributed by atoms with Crippen LogP contribution in [0.4, 0.5) is 5.69 Å². The molecule has 0 fully saturated rings. The third-order valence-corrected chi connectivity index (χ3v) is 3.94. The van der Waals surface area contributed by atoms with Gasteiger partial charge in [0.15, 0.2) is 0 Å². The predicted octanol–water partition coefficient (Wildman–Crippen LogP) is 2.38. The Hall–Kier alpha value is -0.890. The molecule has 6 nitrogen and oxygen atoms in total. The van der Waals surface area contributed by atoms with E-state index in [0.29, 0.717) is 0 Å². The Morgan fingerprint density at radius 1 is 1.41 bits per heavy atom. The number of nitrogens with zero attached hydrogens (tertiary/aromatic N) is 1. The summed E-state index contributed by atoms with van der Waals surface area (Å²) in [5.41, 5.74) is -0.606. The summed E-state index contributed by atoms with van der Waals surface area (Å²) in [5.74, 6) is -0.709. The van der Waals surface area contributed by atoms with E-state index in [1.165, 1.54) is 6.07 Å². The van der Waals surface area contributed by atoms with Crippen LogP contribution in [0.15, 0.2) is 12.1 Å². The molecule has 0 aliphatic rings. The van der Waals surface area contributed by atoms with Gasteiger partial charge in [0.05, 0.1) is 27.6 Å². The fourth-order valence-corrected chi connectivity index (χ4v) is 2.37. The smallest absolute Gasteiger partial charge is 0.273 e. The van der Waals surface area contributed by atoms with E-state index >= 15 is 0 Å². The molecule has 0 amide bonds. The maximum absolute atomic E-state index is 11.3. The van der Waals surface area contributed by atoms with Crippen LogP contribution in [0.25, 0.3) is 0 Å². The highest BCUT2D eigenvalue weighted by Gasteiger charge is 2.24. The van der Waals surface area contributed by atoms with Gasteiger partial charge in [0, 0.05) is 6.07 Å². The lowest BCUT2D eigenvalue weighted by atomic mass is 10.2. The van der Waals surface area contributed by atoms with Crippen molar-refractivity contribution in [2.75, 3.05) is 7.11 Å². The quantitative estimate of drug-likeness (QED) is 0.484. The van der Waals surface area contributed by atoms with E-state index in [4.69, 9.17) is 23.2 Å². The van der Waals surface area contributed by atoms with Gasteiger partial charge >= 0.3 is 0 Å². The van der Waals surface area contributed by atoms with Gasteiger partial charge in [-0.1, -0.05) is 23.2 Å². The Bertz CT molecular complexity index is 557. The molecule has 0 spiro atoms. The molecule has 9 heteroatoms. The van der Waals surface area contributed by atoms with Crippen LogP contribution in [0.2, 0.25) is 10.0 Å². The summed E-state index contributed by atoms with van der Waals surface area (Å²) >= 11 is 11.4. The fourth-order valence-electron chi connectivity index (χ4n) is 1.13. The van der Waals surface area contributed by atoms with Crippen LogP contribution in [0.1, 0.15) is 5.56 Å². The zero-order valence-corrected chi connectivity index (χ0v) is 10.8. The average molecular weight is 300 g/mol. The molecule has 0 bridgehead atoms. The number of rotatable bonds is 4. The van der Waals surface area contributed by atoms with Crippen molar-refractivity contribution in [3.8, 4) is 0 Å². The summed E-state index contributed by atoms with van der Waals surface area (Å²) < 4.78 is 26.7. The second-order valence-electron chi connectivity index (χ2n) is 2.98. The molecule has 1 aromatic carbocycles. The Kier molecular flexibility index (Phi) is 4.31. The monoisotopic (exact) mass is 299 g/mol. The highest BCUT2D eigenvalue weighted by molar-refractivity contribution is 7.85. The van der Waals surface area contributed by atoms with Crippen molar-refractivity contribution in [2.24, 2.45) is 0 Å². The summed E-state index contributed by atoms with van der Waals surface area (Å²) in [7, 11) is -2.96. The second kappa shape index (κ2) is 5.18. The van der Waals surface area contributed by atoms with E-state index in [-0.39, 0.29) is 15.6 Å². The van der Waals surface area contributed by atoms with E-state index in [2.05, 4.69) is 4.18 Å². The first-order valence-electron chi connectivity index (χ1n) is 4.18. The van der Waals surface area contributed by atoms with Crippen molar-refractivity contribution in [3.63, 3.8) is 0 Å². The van der Waals surface area contributed by atoms with Gasteiger partial charge in [0.1, 0.15) is 5.75 Å². The van der Waals surface area contributed by atoms with Gasteiger partial charge in [-0.05, 0) is 6.07 Å². The van der Waals surface area contributed by atoms with Gasteiger partial charge in [0.2, 0.25) is 0 Å². The lowest BCUT2D eigenvalue weighted by Gasteiger charge is -2.06. The molecule has 0 aliphatic carbocycles. The summed E-state index contributed by atoms with van der Waals surface area (Å²) in [5, 5.41) is 10.6.